The van der Waals surface area contributed by atoms with Gasteiger partial charge >= 0.3 is 5.97 Å². The highest BCUT2D eigenvalue weighted by Gasteiger charge is 2.28. The number of rotatable bonds is 6. The van der Waals surface area contributed by atoms with Gasteiger partial charge in [0, 0.05) is 24.2 Å². The molecule has 170 valence electrons. The SMILES string of the molecule is O=C(O)c1c(C2CCc3ccccc3C2)csc1NC(O)c1ccc(N2CCCC2=O)cc1. The average molecular weight is 463 g/mol. The second-order valence-corrected chi connectivity index (χ2v) is 9.58. The molecule has 2 heterocycles. The minimum absolute atomic E-state index is 0.115. The highest BCUT2D eigenvalue weighted by atomic mass is 32.1. The molecular weight excluding hydrogens is 436 g/mol. The maximum atomic E-state index is 12.2. The van der Waals surface area contributed by atoms with Crippen molar-refractivity contribution in [1.82, 2.24) is 0 Å². The van der Waals surface area contributed by atoms with E-state index in [1.165, 1.54) is 22.5 Å². The van der Waals surface area contributed by atoms with Crippen LogP contribution >= 0.6 is 11.3 Å². The van der Waals surface area contributed by atoms with E-state index in [1.807, 2.05) is 29.6 Å². The van der Waals surface area contributed by atoms with E-state index in [0.717, 1.165) is 36.9 Å². The third-order valence-corrected chi connectivity index (χ3v) is 7.61. The molecule has 0 bridgehead atoms. The van der Waals surface area contributed by atoms with Gasteiger partial charge in [-0.05, 0) is 65.8 Å². The van der Waals surface area contributed by atoms with Crippen molar-refractivity contribution in [1.29, 1.82) is 0 Å². The van der Waals surface area contributed by atoms with E-state index in [2.05, 4.69) is 17.4 Å². The van der Waals surface area contributed by atoms with E-state index in [0.29, 0.717) is 23.5 Å². The van der Waals surface area contributed by atoms with Crippen LogP contribution in [0.3, 0.4) is 0 Å². The Morgan fingerprint density at radius 1 is 1.09 bits per heavy atom. The van der Waals surface area contributed by atoms with Crippen LogP contribution < -0.4 is 10.2 Å². The van der Waals surface area contributed by atoms with Gasteiger partial charge in [-0.25, -0.2) is 4.79 Å². The maximum Gasteiger partial charge on any atom is 0.338 e. The van der Waals surface area contributed by atoms with Crippen LogP contribution in [-0.4, -0.2) is 28.6 Å². The van der Waals surface area contributed by atoms with Crippen LogP contribution in [0.5, 0.6) is 0 Å². The van der Waals surface area contributed by atoms with Gasteiger partial charge in [-0.3, -0.25) is 4.79 Å². The van der Waals surface area contributed by atoms with Gasteiger partial charge in [-0.2, -0.15) is 0 Å². The summed E-state index contributed by atoms with van der Waals surface area (Å²) < 4.78 is 0. The number of hydrogen-bond donors (Lipinski definition) is 3. The lowest BCUT2D eigenvalue weighted by Crippen LogP contribution is -2.23. The fraction of sp³-hybridized carbons (Fsp3) is 0.308. The van der Waals surface area contributed by atoms with Crippen molar-refractivity contribution in [3.8, 4) is 0 Å². The van der Waals surface area contributed by atoms with Crippen LogP contribution in [0.2, 0.25) is 0 Å². The highest BCUT2D eigenvalue weighted by Crippen LogP contribution is 2.40. The molecule has 3 N–H and O–H groups in total. The number of carbonyl (C=O) groups excluding carboxylic acids is 1. The second kappa shape index (κ2) is 9.00. The first-order valence-electron chi connectivity index (χ1n) is 11.3. The fourth-order valence-electron chi connectivity index (χ4n) is 4.93. The number of aryl methyl sites for hydroxylation is 1. The topological polar surface area (TPSA) is 89.9 Å². The molecule has 1 amide bonds. The van der Waals surface area contributed by atoms with E-state index in [1.54, 1.807) is 17.0 Å². The monoisotopic (exact) mass is 462 g/mol. The van der Waals surface area contributed by atoms with E-state index < -0.39 is 12.2 Å². The molecule has 33 heavy (non-hydrogen) atoms. The van der Waals surface area contributed by atoms with Crippen LogP contribution in [0.1, 0.15) is 64.0 Å². The number of carboxylic acid groups (broad SMARTS) is 1. The number of aliphatic hydroxyl groups excluding tert-OH is 1. The van der Waals surface area contributed by atoms with Crippen LogP contribution in [0, 0.1) is 0 Å². The molecule has 1 aliphatic carbocycles. The summed E-state index contributed by atoms with van der Waals surface area (Å²) in [6.45, 7) is 0.713. The van der Waals surface area contributed by atoms with E-state index in [4.69, 9.17) is 0 Å². The number of amides is 1. The van der Waals surface area contributed by atoms with Crippen LogP contribution in [0.25, 0.3) is 0 Å². The van der Waals surface area contributed by atoms with Crippen molar-refractivity contribution >= 4 is 33.9 Å². The fourth-order valence-corrected chi connectivity index (χ4v) is 5.98. The van der Waals surface area contributed by atoms with Crippen LogP contribution in [-0.2, 0) is 17.6 Å². The zero-order chi connectivity index (χ0) is 22.9. The Bertz CT molecular complexity index is 1190. The first kappa shape index (κ1) is 21.7. The summed E-state index contributed by atoms with van der Waals surface area (Å²) in [6, 6.07) is 15.5. The minimum atomic E-state index is -1.05. The Morgan fingerprint density at radius 2 is 1.85 bits per heavy atom. The van der Waals surface area contributed by atoms with Gasteiger partial charge in [0.15, 0.2) is 6.23 Å². The second-order valence-electron chi connectivity index (χ2n) is 8.70. The molecule has 3 aromatic rings. The Morgan fingerprint density at radius 3 is 2.55 bits per heavy atom. The number of benzene rings is 2. The quantitative estimate of drug-likeness (QED) is 0.451. The van der Waals surface area contributed by atoms with Crippen molar-refractivity contribution < 1.29 is 19.8 Å². The van der Waals surface area contributed by atoms with E-state index >= 15 is 0 Å². The highest BCUT2D eigenvalue weighted by molar-refractivity contribution is 7.14. The Hall–Kier alpha value is -3.16. The number of fused-ring (bicyclic) bond motifs is 1. The lowest BCUT2D eigenvalue weighted by atomic mass is 9.80. The van der Waals surface area contributed by atoms with Gasteiger partial charge < -0.3 is 20.4 Å². The molecule has 1 aliphatic heterocycles. The number of aliphatic hydroxyl groups is 1. The summed E-state index contributed by atoms with van der Waals surface area (Å²) in [4.78, 5) is 25.9. The Balaban J connectivity index is 1.34. The summed E-state index contributed by atoms with van der Waals surface area (Å²) in [6.07, 6.45) is 3.05. The summed E-state index contributed by atoms with van der Waals surface area (Å²) in [5.74, 6) is -0.723. The molecule has 7 heteroatoms. The smallest absolute Gasteiger partial charge is 0.338 e. The van der Waals surface area contributed by atoms with E-state index in [9.17, 15) is 19.8 Å². The van der Waals surface area contributed by atoms with Gasteiger partial charge in [0.25, 0.3) is 0 Å². The molecule has 5 rings (SSSR count). The van der Waals surface area contributed by atoms with Gasteiger partial charge in [-0.1, -0.05) is 36.4 Å². The summed E-state index contributed by atoms with van der Waals surface area (Å²) in [7, 11) is 0. The van der Waals surface area contributed by atoms with Crippen molar-refractivity contribution in [3.05, 3.63) is 81.7 Å². The number of nitrogens with zero attached hydrogens (tertiary/aromatic N) is 1. The number of hydrogen-bond acceptors (Lipinski definition) is 5. The molecule has 1 saturated heterocycles. The lowest BCUT2D eigenvalue weighted by molar-refractivity contribution is -0.117. The number of carbonyl (C=O) groups is 2. The largest absolute Gasteiger partial charge is 0.478 e. The van der Waals surface area contributed by atoms with Crippen LogP contribution in [0.4, 0.5) is 10.7 Å². The molecule has 1 fully saturated rings. The van der Waals surface area contributed by atoms with Crippen LogP contribution in [0.15, 0.2) is 53.9 Å². The maximum absolute atomic E-state index is 12.2. The molecule has 2 atom stereocenters. The first-order chi connectivity index (χ1) is 16.0. The Kier molecular flexibility index (Phi) is 5.91. The zero-order valence-corrected chi connectivity index (χ0v) is 19.0. The standard InChI is InChI=1S/C26H26N2O4S/c29-22-6-3-13-28(22)20-11-9-17(10-12-20)24(30)27-25-23(26(31)32)21(15-33-25)19-8-7-16-4-1-2-5-18(16)14-19/h1-2,4-5,9-12,15,19,24,27,30H,3,6-8,13-14H2,(H,31,32). The number of anilines is 2. The average Bonchev–Trinajstić information content (AvgIpc) is 3.45. The molecule has 6 nitrogen and oxygen atoms in total. The van der Waals surface area contributed by atoms with E-state index in [-0.39, 0.29) is 17.4 Å². The summed E-state index contributed by atoms with van der Waals surface area (Å²) in [5.41, 5.74) is 5.14. The number of carboxylic acids is 1. The third-order valence-electron chi connectivity index (χ3n) is 6.68. The van der Waals surface area contributed by atoms with Gasteiger partial charge in [0.1, 0.15) is 5.00 Å². The molecule has 0 radical (unpaired) electrons. The molecule has 1 aromatic heterocycles. The first-order valence-corrected chi connectivity index (χ1v) is 12.2. The molecule has 2 unspecified atom stereocenters. The predicted octanol–water partition coefficient (Wildman–Crippen LogP) is 4.95. The van der Waals surface area contributed by atoms with Crippen molar-refractivity contribution in [2.24, 2.45) is 0 Å². The zero-order valence-electron chi connectivity index (χ0n) is 18.2. The normalized spacial score (nSPS) is 18.8. The van der Waals surface area contributed by atoms with Gasteiger partial charge in [0.05, 0.1) is 5.56 Å². The number of aromatic carboxylic acids is 1. The van der Waals surface area contributed by atoms with Gasteiger partial charge in [0.2, 0.25) is 5.91 Å². The minimum Gasteiger partial charge on any atom is -0.478 e. The molecule has 0 saturated carbocycles. The molecule has 2 aromatic carbocycles. The third kappa shape index (κ3) is 4.26. The molecular formula is C26H26N2O4S. The Labute approximate surface area is 196 Å². The predicted molar refractivity (Wildman–Crippen MR) is 129 cm³/mol. The molecule has 0 spiro atoms. The molecule has 2 aliphatic rings. The van der Waals surface area contributed by atoms with Crippen molar-refractivity contribution in [2.45, 2.75) is 44.2 Å². The summed E-state index contributed by atoms with van der Waals surface area (Å²) in [5, 5.41) is 26.1. The number of thiophene rings is 1. The lowest BCUT2D eigenvalue weighted by Gasteiger charge is -2.25. The van der Waals surface area contributed by atoms with Crippen molar-refractivity contribution in [3.63, 3.8) is 0 Å². The number of nitrogens with one attached hydrogen (secondary N) is 1. The van der Waals surface area contributed by atoms with Gasteiger partial charge in [-0.15, -0.1) is 11.3 Å². The summed E-state index contributed by atoms with van der Waals surface area (Å²) >= 11 is 1.32. The van der Waals surface area contributed by atoms with Crippen molar-refractivity contribution in [2.75, 3.05) is 16.8 Å².